The van der Waals surface area contributed by atoms with E-state index in [9.17, 15) is 14.4 Å². The molecule has 7 heteroatoms. The van der Waals surface area contributed by atoms with Crippen molar-refractivity contribution in [1.29, 1.82) is 0 Å². The summed E-state index contributed by atoms with van der Waals surface area (Å²) in [7, 11) is 0. The monoisotopic (exact) mass is 516 g/mol. The second-order valence-electron chi connectivity index (χ2n) is 10.2. The third kappa shape index (κ3) is 19.4. The Hall–Kier alpha value is -2.44. The van der Waals surface area contributed by atoms with Gasteiger partial charge in [0.15, 0.2) is 0 Å². The molecule has 0 aliphatic heterocycles. The van der Waals surface area contributed by atoms with Crippen LogP contribution in [0.1, 0.15) is 129 Å². The van der Waals surface area contributed by atoms with Crippen molar-refractivity contribution in [3.63, 3.8) is 0 Å². The maximum Gasteiger partial charge on any atom is 0.242 e. The summed E-state index contributed by atoms with van der Waals surface area (Å²) in [5.41, 5.74) is 1.07. The summed E-state index contributed by atoms with van der Waals surface area (Å²) in [5.74, 6) is -0.0135. The van der Waals surface area contributed by atoms with Gasteiger partial charge >= 0.3 is 0 Å². The van der Waals surface area contributed by atoms with E-state index >= 15 is 0 Å². The Labute approximate surface area is 225 Å². The molecule has 0 radical (unpaired) electrons. The maximum atomic E-state index is 12.2. The second kappa shape index (κ2) is 22.7. The largest absolute Gasteiger partial charge is 0.354 e. The van der Waals surface area contributed by atoms with E-state index in [-0.39, 0.29) is 17.7 Å². The molecule has 1 unspecified atom stereocenters. The number of nitrogens with one attached hydrogen (secondary N) is 3. The average molecular weight is 517 g/mol. The molecule has 1 aromatic rings. The molecule has 37 heavy (non-hydrogen) atoms. The molecule has 1 heterocycles. The van der Waals surface area contributed by atoms with Gasteiger partial charge in [-0.05, 0) is 43.9 Å². The number of unbranched alkanes of at least 4 members (excludes halogenated alkanes) is 13. The van der Waals surface area contributed by atoms with Gasteiger partial charge in [-0.25, -0.2) is 0 Å². The van der Waals surface area contributed by atoms with Gasteiger partial charge in [0.2, 0.25) is 17.7 Å². The van der Waals surface area contributed by atoms with Gasteiger partial charge < -0.3 is 16.0 Å². The summed E-state index contributed by atoms with van der Waals surface area (Å²) in [6.45, 7) is 5.19. The summed E-state index contributed by atoms with van der Waals surface area (Å²) in [5, 5.41) is 8.71. The fourth-order valence-electron chi connectivity index (χ4n) is 4.25. The van der Waals surface area contributed by atoms with E-state index in [1.165, 1.54) is 44.9 Å². The van der Waals surface area contributed by atoms with Crippen LogP contribution in [0.25, 0.3) is 0 Å². The van der Waals surface area contributed by atoms with Crippen LogP contribution in [0.4, 0.5) is 0 Å². The highest BCUT2D eigenvalue weighted by Gasteiger charge is 2.14. The van der Waals surface area contributed by atoms with E-state index < -0.39 is 6.04 Å². The van der Waals surface area contributed by atoms with Crippen LogP contribution in [0, 0.1) is 0 Å². The van der Waals surface area contributed by atoms with E-state index in [0.29, 0.717) is 25.9 Å². The predicted molar refractivity (Wildman–Crippen MR) is 151 cm³/mol. The van der Waals surface area contributed by atoms with Crippen LogP contribution < -0.4 is 16.0 Å². The van der Waals surface area contributed by atoms with E-state index in [1.54, 1.807) is 19.3 Å². The van der Waals surface area contributed by atoms with E-state index in [1.807, 2.05) is 12.1 Å². The Bertz CT molecular complexity index is 727. The minimum absolute atomic E-state index is 0.0261. The lowest BCUT2D eigenvalue weighted by Gasteiger charge is -2.14. The summed E-state index contributed by atoms with van der Waals surface area (Å²) in [4.78, 5) is 40.1. The van der Waals surface area contributed by atoms with E-state index in [4.69, 9.17) is 0 Å². The molecule has 0 aromatic carbocycles. The molecule has 0 spiro atoms. The molecule has 0 bridgehead atoms. The second-order valence-corrected chi connectivity index (χ2v) is 10.2. The number of aromatic nitrogens is 1. The third-order valence-corrected chi connectivity index (χ3v) is 6.65. The topological polar surface area (TPSA) is 100 Å². The van der Waals surface area contributed by atoms with Crippen LogP contribution in [0.3, 0.4) is 0 Å². The Kier molecular flexibility index (Phi) is 20.0. The molecule has 3 N–H and O–H groups in total. The Morgan fingerprint density at radius 2 is 1.22 bits per heavy atom. The lowest BCUT2D eigenvalue weighted by atomic mass is 10.1. The minimum Gasteiger partial charge on any atom is -0.354 e. The molecule has 0 saturated heterocycles. The minimum atomic E-state index is -0.477. The van der Waals surface area contributed by atoms with Crippen LogP contribution in [-0.2, 0) is 20.9 Å². The molecular formula is C30H52N4O3. The van der Waals surface area contributed by atoms with Gasteiger partial charge in [0, 0.05) is 38.3 Å². The van der Waals surface area contributed by atoms with Crippen LogP contribution in [0.2, 0.25) is 0 Å². The standard InChI is InChI=1S/C30H52N4O3/c1-3-4-5-6-9-13-16-19-29(36)34-26(2)30(37)32-22-17-14-11-8-7-10-12-15-18-28(35)33-25-27-20-23-31-24-21-27/h20-21,23-24,26H,3-19,22,25H2,1-2H3,(H,32,37)(H,33,35)(H,34,36). The highest BCUT2D eigenvalue weighted by Crippen LogP contribution is 2.10. The lowest BCUT2D eigenvalue weighted by Crippen LogP contribution is -2.45. The number of carbonyl (C=O) groups is 3. The number of hydrogen-bond donors (Lipinski definition) is 3. The van der Waals surface area contributed by atoms with Gasteiger partial charge in [-0.15, -0.1) is 0 Å². The van der Waals surface area contributed by atoms with Crippen molar-refractivity contribution in [2.24, 2.45) is 0 Å². The van der Waals surface area contributed by atoms with Crippen LogP contribution in [0.15, 0.2) is 24.5 Å². The summed E-state index contributed by atoms with van der Waals surface area (Å²) < 4.78 is 0. The number of hydrogen-bond acceptors (Lipinski definition) is 4. The average Bonchev–Trinajstić information content (AvgIpc) is 2.90. The van der Waals surface area contributed by atoms with Crippen molar-refractivity contribution in [2.75, 3.05) is 6.54 Å². The van der Waals surface area contributed by atoms with E-state index in [2.05, 4.69) is 27.9 Å². The quantitative estimate of drug-likeness (QED) is 0.156. The lowest BCUT2D eigenvalue weighted by molar-refractivity contribution is -0.128. The molecular weight excluding hydrogens is 464 g/mol. The van der Waals surface area contributed by atoms with Crippen LogP contribution in [-0.4, -0.2) is 35.3 Å². The molecule has 0 aliphatic rings. The Balaban J connectivity index is 1.88. The Morgan fingerprint density at radius 1 is 0.703 bits per heavy atom. The Morgan fingerprint density at radius 3 is 1.81 bits per heavy atom. The predicted octanol–water partition coefficient (Wildman–Crippen LogP) is 5.97. The number of amides is 3. The zero-order chi connectivity index (χ0) is 27.0. The highest BCUT2D eigenvalue weighted by molar-refractivity contribution is 5.87. The number of carbonyl (C=O) groups excluding carboxylic acids is 3. The first-order valence-electron chi connectivity index (χ1n) is 14.8. The van der Waals surface area contributed by atoms with Gasteiger partial charge in [0.05, 0.1) is 0 Å². The van der Waals surface area contributed by atoms with Crippen LogP contribution >= 0.6 is 0 Å². The summed E-state index contributed by atoms with van der Waals surface area (Å²) in [6.07, 6.45) is 21.6. The molecule has 1 aromatic heterocycles. The smallest absolute Gasteiger partial charge is 0.242 e. The molecule has 0 aliphatic carbocycles. The summed E-state index contributed by atoms with van der Waals surface area (Å²) >= 11 is 0. The summed E-state index contributed by atoms with van der Waals surface area (Å²) in [6, 6.07) is 3.34. The third-order valence-electron chi connectivity index (χ3n) is 6.65. The van der Waals surface area contributed by atoms with Crippen molar-refractivity contribution in [3.05, 3.63) is 30.1 Å². The van der Waals surface area contributed by atoms with Gasteiger partial charge in [-0.2, -0.15) is 0 Å². The first-order valence-corrected chi connectivity index (χ1v) is 14.8. The number of nitrogens with zero attached hydrogens (tertiary/aromatic N) is 1. The number of rotatable bonds is 23. The van der Waals surface area contributed by atoms with Crippen LogP contribution in [0.5, 0.6) is 0 Å². The number of pyridine rings is 1. The first-order chi connectivity index (χ1) is 18.0. The molecule has 3 amide bonds. The van der Waals surface area contributed by atoms with Crippen molar-refractivity contribution in [2.45, 2.75) is 136 Å². The van der Waals surface area contributed by atoms with Gasteiger partial charge in [0.25, 0.3) is 0 Å². The molecule has 210 valence electrons. The SMILES string of the molecule is CCCCCCCCCC(=O)NC(C)C(=O)NCCCCCCCCCCC(=O)NCc1ccncc1. The first kappa shape index (κ1) is 32.6. The van der Waals surface area contributed by atoms with Crippen molar-refractivity contribution in [3.8, 4) is 0 Å². The highest BCUT2D eigenvalue weighted by atomic mass is 16.2. The fourth-order valence-corrected chi connectivity index (χ4v) is 4.25. The maximum absolute atomic E-state index is 12.2. The molecule has 0 saturated carbocycles. The zero-order valence-corrected chi connectivity index (χ0v) is 23.5. The van der Waals surface area contributed by atoms with E-state index in [0.717, 1.165) is 56.9 Å². The molecule has 7 nitrogen and oxygen atoms in total. The van der Waals surface area contributed by atoms with Crippen molar-refractivity contribution in [1.82, 2.24) is 20.9 Å². The molecule has 1 rings (SSSR count). The molecule has 1 atom stereocenters. The van der Waals surface area contributed by atoms with Crippen molar-refractivity contribution < 1.29 is 14.4 Å². The van der Waals surface area contributed by atoms with Gasteiger partial charge in [-0.1, -0.05) is 84.0 Å². The van der Waals surface area contributed by atoms with Gasteiger partial charge in [0.1, 0.15) is 6.04 Å². The molecule has 0 fully saturated rings. The van der Waals surface area contributed by atoms with Gasteiger partial charge in [-0.3, -0.25) is 19.4 Å². The fraction of sp³-hybridized carbons (Fsp3) is 0.733. The zero-order valence-electron chi connectivity index (χ0n) is 23.5. The normalized spacial score (nSPS) is 11.6. The van der Waals surface area contributed by atoms with Crippen molar-refractivity contribution >= 4 is 17.7 Å².